The highest BCUT2D eigenvalue weighted by molar-refractivity contribution is 5.82. The van der Waals surface area contributed by atoms with Crippen LogP contribution in [-0.2, 0) is 11.3 Å². The summed E-state index contributed by atoms with van der Waals surface area (Å²) in [5.74, 6) is 2.07. The average molecular weight is 299 g/mol. The molecular weight excluding hydrogens is 282 g/mol. The van der Waals surface area contributed by atoms with Crippen molar-refractivity contribution >= 4 is 5.91 Å². The number of rotatable bonds is 4. The highest BCUT2D eigenvalue weighted by Gasteiger charge is 2.39. The maximum atomic E-state index is 12.8. The van der Waals surface area contributed by atoms with Gasteiger partial charge in [0.15, 0.2) is 11.5 Å². The van der Waals surface area contributed by atoms with Crippen LogP contribution in [-0.4, -0.2) is 29.6 Å². The van der Waals surface area contributed by atoms with Crippen molar-refractivity contribution in [1.82, 2.24) is 4.90 Å². The molecule has 2 heterocycles. The molecule has 2 aliphatic rings. The van der Waals surface area contributed by atoms with Gasteiger partial charge in [0.25, 0.3) is 5.91 Å². The third kappa shape index (κ3) is 2.54. The van der Waals surface area contributed by atoms with Crippen molar-refractivity contribution in [3.05, 3.63) is 48.4 Å². The first-order valence-corrected chi connectivity index (χ1v) is 7.52. The normalized spacial score (nSPS) is 19.7. The van der Waals surface area contributed by atoms with Crippen molar-refractivity contribution in [2.24, 2.45) is 0 Å². The molecule has 1 aliphatic heterocycles. The van der Waals surface area contributed by atoms with E-state index in [4.69, 9.17) is 13.9 Å². The molecule has 1 aromatic heterocycles. The number of ether oxygens (including phenoxy) is 2. The highest BCUT2D eigenvalue weighted by Crippen LogP contribution is 2.34. The first kappa shape index (κ1) is 13.2. The predicted octanol–water partition coefficient (Wildman–Crippen LogP) is 2.61. The van der Waals surface area contributed by atoms with Gasteiger partial charge in [-0.15, -0.1) is 0 Å². The minimum Gasteiger partial charge on any atom is -0.485 e. The van der Waals surface area contributed by atoms with E-state index in [0.717, 1.165) is 18.6 Å². The Labute approximate surface area is 128 Å². The van der Waals surface area contributed by atoms with Gasteiger partial charge >= 0.3 is 0 Å². The first-order chi connectivity index (χ1) is 10.8. The maximum Gasteiger partial charge on any atom is 0.267 e. The second-order valence-electron chi connectivity index (χ2n) is 5.64. The molecule has 22 heavy (non-hydrogen) atoms. The molecule has 1 aliphatic carbocycles. The molecule has 0 unspecified atom stereocenters. The molecule has 1 aromatic carbocycles. The van der Waals surface area contributed by atoms with Gasteiger partial charge in [0, 0.05) is 6.04 Å². The lowest BCUT2D eigenvalue weighted by molar-refractivity contribution is -0.142. The standard InChI is InChI=1S/C17H17NO4/c19-17(16-11-21-14-5-1-2-6-15(14)22-16)18(12-7-8-12)10-13-4-3-9-20-13/h1-6,9,12,16H,7-8,10-11H2/t16-/m0/s1. The zero-order chi connectivity index (χ0) is 14.9. The minimum absolute atomic E-state index is 0.0339. The van der Waals surface area contributed by atoms with Crippen molar-refractivity contribution in [2.75, 3.05) is 6.61 Å². The number of para-hydroxylation sites is 2. The number of carbonyl (C=O) groups is 1. The summed E-state index contributed by atoms with van der Waals surface area (Å²) in [5, 5.41) is 0. The van der Waals surface area contributed by atoms with E-state index in [1.165, 1.54) is 0 Å². The molecule has 2 aromatic rings. The van der Waals surface area contributed by atoms with Crippen LogP contribution < -0.4 is 9.47 Å². The van der Waals surface area contributed by atoms with Gasteiger partial charge in [-0.25, -0.2) is 0 Å². The van der Waals surface area contributed by atoms with Gasteiger partial charge in [0.2, 0.25) is 6.10 Å². The van der Waals surface area contributed by atoms with Crippen LogP contribution in [0.25, 0.3) is 0 Å². The van der Waals surface area contributed by atoms with Gasteiger partial charge in [-0.3, -0.25) is 4.79 Å². The third-order valence-corrected chi connectivity index (χ3v) is 3.96. The monoisotopic (exact) mass is 299 g/mol. The fourth-order valence-electron chi connectivity index (χ4n) is 2.67. The van der Waals surface area contributed by atoms with Crippen molar-refractivity contribution in [3.63, 3.8) is 0 Å². The lowest BCUT2D eigenvalue weighted by atomic mass is 10.2. The zero-order valence-corrected chi connectivity index (χ0v) is 12.1. The largest absolute Gasteiger partial charge is 0.485 e. The van der Waals surface area contributed by atoms with Crippen molar-refractivity contribution in [1.29, 1.82) is 0 Å². The maximum absolute atomic E-state index is 12.8. The minimum atomic E-state index is -0.592. The number of furan rings is 1. The topological polar surface area (TPSA) is 51.9 Å². The molecule has 0 bridgehead atoms. The number of hydrogen-bond acceptors (Lipinski definition) is 4. The molecule has 1 fully saturated rings. The number of nitrogens with zero attached hydrogens (tertiary/aromatic N) is 1. The van der Waals surface area contributed by atoms with Crippen molar-refractivity contribution in [2.45, 2.75) is 31.5 Å². The Hall–Kier alpha value is -2.43. The van der Waals surface area contributed by atoms with Crippen LogP contribution in [0.3, 0.4) is 0 Å². The Morgan fingerprint density at radius 2 is 1.95 bits per heavy atom. The summed E-state index contributed by atoms with van der Waals surface area (Å²) < 4.78 is 16.8. The summed E-state index contributed by atoms with van der Waals surface area (Å²) in [5.41, 5.74) is 0. The average Bonchev–Trinajstić information content (AvgIpc) is 3.27. The summed E-state index contributed by atoms with van der Waals surface area (Å²) in [6, 6.07) is 11.4. The van der Waals surface area contributed by atoms with E-state index in [9.17, 15) is 4.79 Å². The first-order valence-electron chi connectivity index (χ1n) is 7.52. The summed E-state index contributed by atoms with van der Waals surface area (Å²) in [7, 11) is 0. The number of benzene rings is 1. The molecular formula is C17H17NO4. The Balaban J connectivity index is 1.50. The second-order valence-corrected chi connectivity index (χ2v) is 5.64. The van der Waals surface area contributed by atoms with Gasteiger partial charge in [-0.1, -0.05) is 12.1 Å². The van der Waals surface area contributed by atoms with Gasteiger partial charge in [0.05, 0.1) is 12.8 Å². The van der Waals surface area contributed by atoms with E-state index < -0.39 is 6.10 Å². The van der Waals surface area contributed by atoms with Crippen LogP contribution in [0, 0.1) is 0 Å². The summed E-state index contributed by atoms with van der Waals surface area (Å²) in [6.45, 7) is 0.731. The van der Waals surface area contributed by atoms with Crippen molar-refractivity contribution in [3.8, 4) is 11.5 Å². The van der Waals surface area contributed by atoms with Crippen molar-refractivity contribution < 1.29 is 18.7 Å². The molecule has 0 spiro atoms. The Bertz CT molecular complexity index is 663. The van der Waals surface area contributed by atoms with Crippen LogP contribution in [0.4, 0.5) is 0 Å². The summed E-state index contributed by atoms with van der Waals surface area (Å²) in [4.78, 5) is 14.6. The quantitative estimate of drug-likeness (QED) is 0.871. The number of carbonyl (C=O) groups excluding carboxylic acids is 1. The van der Waals surface area contributed by atoms with Gasteiger partial charge < -0.3 is 18.8 Å². The van der Waals surface area contributed by atoms with Gasteiger partial charge in [-0.2, -0.15) is 0 Å². The van der Waals surface area contributed by atoms with E-state index in [0.29, 0.717) is 24.1 Å². The fourth-order valence-corrected chi connectivity index (χ4v) is 2.67. The fraction of sp³-hybridized carbons (Fsp3) is 0.353. The van der Waals surface area contributed by atoms with Gasteiger partial charge in [0.1, 0.15) is 12.4 Å². The van der Waals surface area contributed by atoms with Crippen LogP contribution in [0.5, 0.6) is 11.5 Å². The number of fused-ring (bicyclic) bond motifs is 1. The molecule has 4 rings (SSSR count). The molecule has 1 amide bonds. The van der Waals surface area contributed by atoms with E-state index in [-0.39, 0.29) is 12.5 Å². The molecule has 5 nitrogen and oxygen atoms in total. The molecule has 5 heteroatoms. The third-order valence-electron chi connectivity index (χ3n) is 3.96. The smallest absolute Gasteiger partial charge is 0.267 e. The Kier molecular flexibility index (Phi) is 3.25. The Morgan fingerprint density at radius 3 is 2.68 bits per heavy atom. The lowest BCUT2D eigenvalue weighted by Gasteiger charge is -2.30. The van der Waals surface area contributed by atoms with Crippen LogP contribution in [0.1, 0.15) is 18.6 Å². The van der Waals surface area contributed by atoms with Gasteiger partial charge in [-0.05, 0) is 37.1 Å². The molecule has 1 saturated carbocycles. The van der Waals surface area contributed by atoms with E-state index in [1.807, 2.05) is 41.3 Å². The van der Waals surface area contributed by atoms with E-state index >= 15 is 0 Å². The zero-order valence-electron chi connectivity index (χ0n) is 12.1. The lowest BCUT2D eigenvalue weighted by Crippen LogP contribution is -2.47. The molecule has 0 radical (unpaired) electrons. The molecule has 114 valence electrons. The number of hydrogen-bond donors (Lipinski definition) is 0. The highest BCUT2D eigenvalue weighted by atomic mass is 16.6. The van der Waals surface area contributed by atoms with Crippen LogP contribution in [0.15, 0.2) is 47.1 Å². The SMILES string of the molecule is O=C([C@@H]1COc2ccccc2O1)N(Cc1ccco1)C1CC1. The number of amides is 1. The Morgan fingerprint density at radius 1 is 1.14 bits per heavy atom. The predicted molar refractivity (Wildman–Crippen MR) is 78.6 cm³/mol. The summed E-state index contributed by atoms with van der Waals surface area (Å²) in [6.07, 6.45) is 3.11. The second kappa shape index (κ2) is 5.40. The molecule has 1 atom stereocenters. The van der Waals surface area contributed by atoms with Crippen LogP contribution in [0.2, 0.25) is 0 Å². The van der Waals surface area contributed by atoms with E-state index in [2.05, 4.69) is 0 Å². The molecule has 0 saturated heterocycles. The van der Waals surface area contributed by atoms with E-state index in [1.54, 1.807) is 6.26 Å². The summed E-state index contributed by atoms with van der Waals surface area (Å²) >= 11 is 0. The molecule has 0 N–H and O–H groups in total. The van der Waals surface area contributed by atoms with Crippen LogP contribution >= 0.6 is 0 Å².